The zero-order valence-corrected chi connectivity index (χ0v) is 14.3. The van der Waals surface area contributed by atoms with Crippen molar-refractivity contribution in [3.8, 4) is 0 Å². The summed E-state index contributed by atoms with van der Waals surface area (Å²) in [4.78, 5) is 6.99. The van der Waals surface area contributed by atoms with E-state index in [1.807, 2.05) is 11.8 Å². The lowest BCUT2D eigenvalue weighted by Gasteiger charge is -2.17. The van der Waals surface area contributed by atoms with Crippen LogP contribution in [-0.4, -0.2) is 44.1 Å². The van der Waals surface area contributed by atoms with Crippen molar-refractivity contribution < 1.29 is 0 Å². The fourth-order valence-corrected chi connectivity index (χ4v) is 2.59. The molecule has 2 N–H and O–H groups in total. The predicted molar refractivity (Wildman–Crippen MR) is 99.0 cm³/mol. The summed E-state index contributed by atoms with van der Waals surface area (Å²) in [5.74, 6) is 1.98. The molecule has 4 nitrogen and oxygen atoms in total. The average Bonchev–Trinajstić information content (AvgIpc) is 3.08. The summed E-state index contributed by atoms with van der Waals surface area (Å²) in [5, 5.41) is 6.63. The molecule has 0 saturated carbocycles. The lowest BCUT2D eigenvalue weighted by Crippen LogP contribution is -2.38. The van der Waals surface area contributed by atoms with Crippen LogP contribution >= 0.6 is 11.8 Å². The molecule has 0 amide bonds. The van der Waals surface area contributed by atoms with E-state index in [9.17, 15) is 0 Å². The van der Waals surface area contributed by atoms with Gasteiger partial charge in [0.2, 0.25) is 0 Å². The van der Waals surface area contributed by atoms with E-state index in [0.29, 0.717) is 6.54 Å². The lowest BCUT2D eigenvalue weighted by molar-refractivity contribution is 0.843. The Morgan fingerprint density at radius 1 is 1.18 bits per heavy atom. The van der Waals surface area contributed by atoms with Gasteiger partial charge in [0, 0.05) is 37.6 Å². The standard InChI is InChI=1S/C17H26N4S/c1-3-18-17(19-10-13-22-2)20-14-15-6-8-16(9-7-15)21-11-4-5-12-21/h4-9H,3,10-14H2,1-2H3,(H2,18,19,20). The Kier molecular flexibility index (Phi) is 7.16. The van der Waals surface area contributed by atoms with Crippen LogP contribution in [0.15, 0.2) is 41.4 Å². The third kappa shape index (κ3) is 5.30. The number of aliphatic imine (C=N–C) groups is 1. The van der Waals surface area contributed by atoms with E-state index < -0.39 is 0 Å². The molecule has 0 atom stereocenters. The Labute approximate surface area is 138 Å². The SMILES string of the molecule is CCNC(=NCc1ccc(N2CC=CC2)cc1)NCCSC. The van der Waals surface area contributed by atoms with Crippen LogP contribution in [0.5, 0.6) is 0 Å². The van der Waals surface area contributed by atoms with Crippen molar-refractivity contribution in [2.24, 2.45) is 4.99 Å². The van der Waals surface area contributed by atoms with Gasteiger partial charge in [-0.25, -0.2) is 4.99 Å². The van der Waals surface area contributed by atoms with Crippen molar-refractivity contribution in [3.05, 3.63) is 42.0 Å². The van der Waals surface area contributed by atoms with E-state index in [1.165, 1.54) is 11.3 Å². The van der Waals surface area contributed by atoms with Crippen LogP contribution in [0.3, 0.4) is 0 Å². The summed E-state index contributed by atoms with van der Waals surface area (Å²) in [6, 6.07) is 8.71. The Bertz CT molecular complexity index is 488. The Hall–Kier alpha value is -1.62. The first-order chi connectivity index (χ1) is 10.8. The van der Waals surface area contributed by atoms with Crippen LogP contribution in [0.2, 0.25) is 0 Å². The number of guanidine groups is 1. The normalized spacial score (nSPS) is 14.5. The molecule has 0 fully saturated rings. The van der Waals surface area contributed by atoms with Crippen molar-refractivity contribution in [2.45, 2.75) is 13.5 Å². The Balaban J connectivity index is 1.88. The molecule has 1 aliphatic heterocycles. The molecule has 0 radical (unpaired) electrons. The molecule has 1 aromatic rings. The molecular formula is C17H26N4S. The second kappa shape index (κ2) is 9.41. The molecule has 0 saturated heterocycles. The highest BCUT2D eigenvalue weighted by Crippen LogP contribution is 2.17. The van der Waals surface area contributed by atoms with Gasteiger partial charge in [-0.05, 0) is 30.9 Å². The van der Waals surface area contributed by atoms with Crippen LogP contribution in [0.4, 0.5) is 5.69 Å². The van der Waals surface area contributed by atoms with Gasteiger partial charge in [0.1, 0.15) is 0 Å². The van der Waals surface area contributed by atoms with Gasteiger partial charge in [-0.1, -0.05) is 24.3 Å². The maximum Gasteiger partial charge on any atom is 0.191 e. The average molecular weight is 318 g/mol. The molecule has 2 rings (SSSR count). The zero-order chi connectivity index (χ0) is 15.6. The second-order valence-corrected chi connectivity index (χ2v) is 6.14. The maximum atomic E-state index is 4.64. The fraction of sp³-hybridized carbons (Fsp3) is 0.471. The number of benzene rings is 1. The molecule has 1 aromatic carbocycles. The van der Waals surface area contributed by atoms with Gasteiger partial charge < -0.3 is 15.5 Å². The van der Waals surface area contributed by atoms with Crippen molar-refractivity contribution in [2.75, 3.05) is 43.1 Å². The molecule has 0 aliphatic carbocycles. The minimum Gasteiger partial charge on any atom is -0.364 e. The number of thioether (sulfide) groups is 1. The maximum absolute atomic E-state index is 4.64. The van der Waals surface area contributed by atoms with Crippen LogP contribution in [0, 0.1) is 0 Å². The Morgan fingerprint density at radius 3 is 2.55 bits per heavy atom. The zero-order valence-electron chi connectivity index (χ0n) is 13.5. The molecule has 1 heterocycles. The van der Waals surface area contributed by atoms with Crippen LogP contribution < -0.4 is 15.5 Å². The molecule has 0 unspecified atom stereocenters. The van der Waals surface area contributed by atoms with Gasteiger partial charge >= 0.3 is 0 Å². The first-order valence-electron chi connectivity index (χ1n) is 7.83. The smallest absolute Gasteiger partial charge is 0.191 e. The monoisotopic (exact) mass is 318 g/mol. The van der Waals surface area contributed by atoms with Gasteiger partial charge in [-0.2, -0.15) is 11.8 Å². The van der Waals surface area contributed by atoms with Crippen molar-refractivity contribution >= 4 is 23.4 Å². The van der Waals surface area contributed by atoms with Crippen molar-refractivity contribution in [1.82, 2.24) is 10.6 Å². The lowest BCUT2D eigenvalue weighted by atomic mass is 10.2. The fourth-order valence-electron chi connectivity index (χ4n) is 2.28. The largest absolute Gasteiger partial charge is 0.364 e. The van der Waals surface area contributed by atoms with Crippen molar-refractivity contribution in [3.63, 3.8) is 0 Å². The third-order valence-corrected chi connectivity index (χ3v) is 4.09. The third-order valence-electron chi connectivity index (χ3n) is 3.48. The molecule has 0 aromatic heterocycles. The van der Waals surface area contributed by atoms with E-state index in [4.69, 9.17) is 0 Å². The number of nitrogens with zero attached hydrogens (tertiary/aromatic N) is 2. The first-order valence-corrected chi connectivity index (χ1v) is 9.23. The van der Waals surface area contributed by atoms with Gasteiger partial charge in [0.15, 0.2) is 5.96 Å². The van der Waals surface area contributed by atoms with Crippen LogP contribution in [0.1, 0.15) is 12.5 Å². The summed E-state index contributed by atoms with van der Waals surface area (Å²) >= 11 is 1.83. The van der Waals surface area contributed by atoms with E-state index >= 15 is 0 Å². The molecule has 0 bridgehead atoms. The highest BCUT2D eigenvalue weighted by molar-refractivity contribution is 7.98. The number of anilines is 1. The summed E-state index contributed by atoms with van der Waals surface area (Å²) in [5.41, 5.74) is 2.51. The second-order valence-electron chi connectivity index (χ2n) is 5.16. The molecule has 120 valence electrons. The highest BCUT2D eigenvalue weighted by atomic mass is 32.2. The topological polar surface area (TPSA) is 39.7 Å². The quantitative estimate of drug-likeness (QED) is 0.351. The summed E-state index contributed by atoms with van der Waals surface area (Å²) < 4.78 is 0. The summed E-state index contributed by atoms with van der Waals surface area (Å²) in [6.07, 6.45) is 6.53. The number of hydrogen-bond acceptors (Lipinski definition) is 3. The van der Waals surface area contributed by atoms with Gasteiger partial charge in [0.05, 0.1) is 6.54 Å². The first kappa shape index (κ1) is 16.7. The van der Waals surface area contributed by atoms with Gasteiger partial charge in [-0.15, -0.1) is 0 Å². The van der Waals surface area contributed by atoms with Crippen LogP contribution in [-0.2, 0) is 6.54 Å². The number of nitrogens with one attached hydrogen (secondary N) is 2. The summed E-state index contributed by atoms with van der Waals surface area (Å²) in [7, 11) is 0. The summed E-state index contributed by atoms with van der Waals surface area (Å²) in [6.45, 7) is 6.64. The highest BCUT2D eigenvalue weighted by Gasteiger charge is 2.06. The predicted octanol–water partition coefficient (Wildman–Crippen LogP) is 2.48. The molecular weight excluding hydrogens is 292 g/mol. The Morgan fingerprint density at radius 2 is 1.91 bits per heavy atom. The van der Waals surface area contributed by atoms with Crippen molar-refractivity contribution in [1.29, 1.82) is 0 Å². The molecule has 22 heavy (non-hydrogen) atoms. The van der Waals surface area contributed by atoms with E-state index in [-0.39, 0.29) is 0 Å². The van der Waals surface area contributed by atoms with E-state index in [2.05, 4.69) is 70.1 Å². The molecule has 0 spiro atoms. The van der Waals surface area contributed by atoms with E-state index in [0.717, 1.165) is 37.9 Å². The molecule has 1 aliphatic rings. The minimum absolute atomic E-state index is 0.702. The molecule has 5 heteroatoms. The number of hydrogen-bond donors (Lipinski definition) is 2. The van der Waals surface area contributed by atoms with Crippen LogP contribution in [0.25, 0.3) is 0 Å². The minimum atomic E-state index is 0.702. The number of rotatable bonds is 7. The van der Waals surface area contributed by atoms with Gasteiger partial charge in [0.25, 0.3) is 0 Å². The van der Waals surface area contributed by atoms with Gasteiger partial charge in [-0.3, -0.25) is 0 Å². The van der Waals surface area contributed by atoms with E-state index in [1.54, 1.807) is 0 Å².